The molecule has 0 amide bonds. The standard InChI is InChI=1S/C15H19Br2NO3/c1-4-5-10(19)12-14(21-3)13(20)11(17)9-6-7-15(2,8-16)18(9)12/h4-8H2,1-3H3. The summed E-state index contributed by atoms with van der Waals surface area (Å²) in [5, 5.41) is 0.720. The molecule has 1 unspecified atom stereocenters. The maximum atomic E-state index is 12.6. The Hall–Kier alpha value is -0.620. The molecule has 0 radical (unpaired) electrons. The summed E-state index contributed by atoms with van der Waals surface area (Å²) in [7, 11) is 1.44. The Morgan fingerprint density at radius 2 is 2.14 bits per heavy atom. The van der Waals surface area contributed by atoms with Gasteiger partial charge in [0.2, 0.25) is 5.43 Å². The molecule has 1 aliphatic rings. The van der Waals surface area contributed by atoms with E-state index in [2.05, 4.69) is 38.8 Å². The van der Waals surface area contributed by atoms with Gasteiger partial charge in [0.15, 0.2) is 11.5 Å². The van der Waals surface area contributed by atoms with Crippen LogP contribution in [-0.4, -0.2) is 22.8 Å². The van der Waals surface area contributed by atoms with Crippen molar-refractivity contribution in [2.75, 3.05) is 12.4 Å². The lowest BCUT2D eigenvalue weighted by Gasteiger charge is -2.29. The highest BCUT2D eigenvalue weighted by molar-refractivity contribution is 9.10. The first kappa shape index (κ1) is 16.7. The first-order valence-electron chi connectivity index (χ1n) is 7.02. The number of ketones is 1. The normalized spacial score (nSPS) is 20.4. The number of methoxy groups -OCH3 is 1. The SMILES string of the molecule is CCCC(=O)c1c(OC)c(=O)c(Br)c2n1C(C)(CBr)CC2. The van der Waals surface area contributed by atoms with Crippen molar-refractivity contribution in [1.82, 2.24) is 4.57 Å². The third-order valence-corrected chi connectivity index (χ3v) is 6.07. The van der Waals surface area contributed by atoms with Crippen LogP contribution in [0.1, 0.15) is 49.3 Å². The molecule has 0 fully saturated rings. The lowest BCUT2D eigenvalue weighted by molar-refractivity contribution is 0.0962. The second kappa shape index (κ2) is 6.24. The fraction of sp³-hybridized carbons (Fsp3) is 0.600. The van der Waals surface area contributed by atoms with Crippen molar-refractivity contribution in [1.29, 1.82) is 0 Å². The van der Waals surface area contributed by atoms with Crippen molar-refractivity contribution in [3.63, 3.8) is 0 Å². The van der Waals surface area contributed by atoms with Gasteiger partial charge in [0, 0.05) is 17.4 Å². The second-order valence-corrected chi connectivity index (χ2v) is 6.96. The van der Waals surface area contributed by atoms with Crippen LogP contribution in [0, 0.1) is 0 Å². The number of pyridine rings is 1. The van der Waals surface area contributed by atoms with E-state index in [0.29, 0.717) is 16.6 Å². The predicted molar refractivity (Wildman–Crippen MR) is 90.0 cm³/mol. The van der Waals surface area contributed by atoms with Gasteiger partial charge < -0.3 is 9.30 Å². The second-order valence-electron chi connectivity index (χ2n) is 5.61. The summed E-state index contributed by atoms with van der Waals surface area (Å²) in [5.74, 6) is 0.118. The van der Waals surface area contributed by atoms with Crippen molar-refractivity contribution in [3.05, 3.63) is 26.1 Å². The topological polar surface area (TPSA) is 48.3 Å². The number of hydrogen-bond acceptors (Lipinski definition) is 3. The number of Topliss-reactive ketones (excluding diaryl/α,β-unsaturated/α-hetero) is 1. The average molecular weight is 421 g/mol. The smallest absolute Gasteiger partial charge is 0.238 e. The number of fused-ring (bicyclic) bond motifs is 1. The minimum absolute atomic E-state index is 0.0331. The summed E-state index contributed by atoms with van der Waals surface area (Å²) in [5.41, 5.74) is 0.851. The molecule has 0 aliphatic carbocycles. The van der Waals surface area contributed by atoms with Crippen LogP contribution < -0.4 is 10.2 Å². The van der Waals surface area contributed by atoms with Gasteiger partial charge in [-0.15, -0.1) is 0 Å². The third-order valence-electron chi connectivity index (χ3n) is 4.04. The van der Waals surface area contributed by atoms with Gasteiger partial charge in [0.1, 0.15) is 5.69 Å². The van der Waals surface area contributed by atoms with Gasteiger partial charge in [-0.1, -0.05) is 22.9 Å². The van der Waals surface area contributed by atoms with Gasteiger partial charge in [0.05, 0.1) is 17.1 Å². The summed E-state index contributed by atoms with van der Waals surface area (Å²) in [6.45, 7) is 4.05. The molecule has 4 nitrogen and oxygen atoms in total. The predicted octanol–water partition coefficient (Wildman–Crippen LogP) is 3.66. The molecule has 0 spiro atoms. The maximum absolute atomic E-state index is 12.6. The summed E-state index contributed by atoms with van der Waals surface area (Å²) in [6.07, 6.45) is 2.81. The van der Waals surface area contributed by atoms with Gasteiger partial charge in [-0.3, -0.25) is 9.59 Å². The molecule has 6 heteroatoms. The molecular formula is C15H19Br2NO3. The molecule has 1 atom stereocenters. The Morgan fingerprint density at radius 1 is 1.48 bits per heavy atom. The molecule has 0 saturated carbocycles. The van der Waals surface area contributed by atoms with E-state index in [-0.39, 0.29) is 22.5 Å². The van der Waals surface area contributed by atoms with Gasteiger partial charge in [-0.25, -0.2) is 0 Å². The quantitative estimate of drug-likeness (QED) is 0.539. The zero-order valence-electron chi connectivity index (χ0n) is 12.5. The van der Waals surface area contributed by atoms with Crippen molar-refractivity contribution >= 4 is 37.6 Å². The van der Waals surface area contributed by atoms with E-state index in [1.807, 2.05) is 11.5 Å². The highest BCUT2D eigenvalue weighted by Crippen LogP contribution is 2.39. The van der Waals surface area contributed by atoms with Crippen LogP contribution >= 0.6 is 31.9 Å². The van der Waals surface area contributed by atoms with Crippen molar-refractivity contribution in [3.8, 4) is 5.75 Å². The number of nitrogens with zero attached hydrogens (tertiary/aromatic N) is 1. The molecule has 1 aliphatic heterocycles. The van der Waals surface area contributed by atoms with E-state index in [1.54, 1.807) is 0 Å². The number of carbonyl (C=O) groups is 1. The number of ether oxygens (including phenoxy) is 1. The number of rotatable bonds is 5. The van der Waals surface area contributed by atoms with E-state index in [1.165, 1.54) is 7.11 Å². The lowest BCUT2D eigenvalue weighted by Crippen LogP contribution is -2.34. The van der Waals surface area contributed by atoms with Crippen LogP contribution in [0.5, 0.6) is 5.75 Å². The number of halogens is 2. The van der Waals surface area contributed by atoms with E-state index in [9.17, 15) is 9.59 Å². The van der Waals surface area contributed by atoms with E-state index in [4.69, 9.17) is 4.74 Å². The molecular weight excluding hydrogens is 402 g/mol. The zero-order valence-corrected chi connectivity index (χ0v) is 15.6. The molecule has 2 rings (SSSR count). The number of hydrogen-bond donors (Lipinski definition) is 0. The Balaban J connectivity index is 2.84. The summed E-state index contributed by atoms with van der Waals surface area (Å²) < 4.78 is 7.80. The highest BCUT2D eigenvalue weighted by Gasteiger charge is 2.39. The van der Waals surface area contributed by atoms with Gasteiger partial charge in [-0.2, -0.15) is 0 Å². The number of carbonyl (C=O) groups excluding carboxylic acids is 1. The fourth-order valence-corrected chi connectivity index (χ4v) is 3.99. The van der Waals surface area contributed by atoms with Crippen LogP contribution in [0.4, 0.5) is 0 Å². The van der Waals surface area contributed by atoms with Crippen LogP contribution in [0.15, 0.2) is 9.27 Å². The first-order chi connectivity index (χ1) is 9.91. The van der Waals surface area contributed by atoms with Crippen LogP contribution in [0.3, 0.4) is 0 Å². The molecule has 0 bridgehead atoms. The van der Waals surface area contributed by atoms with Crippen LogP contribution in [0.25, 0.3) is 0 Å². The third kappa shape index (κ3) is 2.61. The maximum Gasteiger partial charge on any atom is 0.238 e. The van der Waals surface area contributed by atoms with Crippen molar-refractivity contribution < 1.29 is 9.53 Å². The van der Waals surface area contributed by atoms with Gasteiger partial charge in [0.25, 0.3) is 0 Å². The molecule has 2 heterocycles. The largest absolute Gasteiger partial charge is 0.491 e. The first-order valence-corrected chi connectivity index (χ1v) is 8.93. The van der Waals surface area contributed by atoms with Gasteiger partial charge in [-0.05, 0) is 42.1 Å². The minimum Gasteiger partial charge on any atom is -0.491 e. The summed E-state index contributed by atoms with van der Waals surface area (Å²) in [6, 6.07) is 0. The fourth-order valence-electron chi connectivity index (χ4n) is 2.90. The Kier molecular flexibility index (Phi) is 4.98. The molecule has 21 heavy (non-hydrogen) atoms. The summed E-state index contributed by atoms with van der Waals surface area (Å²) in [4.78, 5) is 25.0. The molecule has 0 N–H and O–H groups in total. The van der Waals surface area contributed by atoms with Crippen molar-refractivity contribution in [2.45, 2.75) is 45.1 Å². The van der Waals surface area contributed by atoms with Crippen LogP contribution in [0.2, 0.25) is 0 Å². The van der Waals surface area contributed by atoms with E-state index >= 15 is 0 Å². The Bertz CT molecular complexity index is 639. The molecule has 0 aromatic carbocycles. The monoisotopic (exact) mass is 419 g/mol. The van der Waals surface area contributed by atoms with E-state index in [0.717, 1.165) is 30.3 Å². The average Bonchev–Trinajstić information content (AvgIpc) is 2.81. The molecule has 1 aromatic rings. The van der Waals surface area contributed by atoms with Crippen LogP contribution in [-0.2, 0) is 12.0 Å². The number of aromatic nitrogens is 1. The number of alkyl halides is 1. The Morgan fingerprint density at radius 3 is 2.67 bits per heavy atom. The van der Waals surface area contributed by atoms with E-state index < -0.39 is 0 Å². The van der Waals surface area contributed by atoms with Gasteiger partial charge >= 0.3 is 0 Å². The summed E-state index contributed by atoms with van der Waals surface area (Å²) >= 11 is 6.93. The zero-order chi connectivity index (χ0) is 15.8. The minimum atomic E-state index is -0.234. The Labute approximate surface area is 141 Å². The molecule has 116 valence electrons. The highest BCUT2D eigenvalue weighted by atomic mass is 79.9. The lowest BCUT2D eigenvalue weighted by atomic mass is 10.0. The molecule has 1 aromatic heterocycles. The molecule has 0 saturated heterocycles. The van der Waals surface area contributed by atoms with Crippen molar-refractivity contribution in [2.24, 2.45) is 0 Å².